The second-order valence-electron chi connectivity index (χ2n) is 7.25. The molecule has 0 N–H and O–H groups in total. The van der Waals surface area contributed by atoms with Gasteiger partial charge in [0.05, 0.1) is 0 Å². The molecule has 7 heteroatoms. The molecule has 1 aromatic heterocycles. The Kier molecular flexibility index (Phi) is 5.60. The zero-order chi connectivity index (χ0) is 19.3. The van der Waals surface area contributed by atoms with Gasteiger partial charge in [0.15, 0.2) is 17.3 Å². The Hall–Kier alpha value is -2.83. The average molecular weight is 383 g/mol. The second-order valence-corrected chi connectivity index (χ2v) is 7.25. The van der Waals surface area contributed by atoms with Crippen molar-refractivity contribution < 1.29 is 19.1 Å². The molecular weight excluding hydrogens is 358 g/mol. The Morgan fingerprint density at radius 2 is 1.89 bits per heavy atom. The molecule has 4 rings (SSSR count). The minimum absolute atomic E-state index is 0.0457. The summed E-state index contributed by atoms with van der Waals surface area (Å²) in [6.07, 6.45) is 6.35. The molecule has 0 unspecified atom stereocenters. The summed E-state index contributed by atoms with van der Waals surface area (Å²) in [5.74, 6) is 1.58. The van der Waals surface area contributed by atoms with Gasteiger partial charge in [-0.1, -0.05) is 0 Å². The maximum Gasteiger partial charge on any atom is 0.222 e. The molecule has 0 radical (unpaired) electrons. The number of likely N-dealkylation sites (tertiary alicyclic amines) is 1. The fourth-order valence-corrected chi connectivity index (χ4v) is 3.81. The first kappa shape index (κ1) is 18.5. The number of aromatic nitrogens is 2. The lowest BCUT2D eigenvalue weighted by Crippen LogP contribution is -2.40. The third-order valence-electron chi connectivity index (χ3n) is 5.38. The van der Waals surface area contributed by atoms with Crippen molar-refractivity contribution in [3.05, 3.63) is 42.2 Å². The van der Waals surface area contributed by atoms with Gasteiger partial charge in [-0.15, -0.1) is 0 Å². The molecule has 1 saturated heterocycles. The van der Waals surface area contributed by atoms with Crippen molar-refractivity contribution in [3.63, 3.8) is 0 Å². The molecule has 148 valence electrons. The summed E-state index contributed by atoms with van der Waals surface area (Å²) in [5, 5.41) is 4.15. The number of carbonyl (C=O) groups is 2. The van der Waals surface area contributed by atoms with Crippen LogP contribution in [0.1, 0.15) is 36.0 Å². The van der Waals surface area contributed by atoms with Crippen LogP contribution in [-0.2, 0) is 11.3 Å². The van der Waals surface area contributed by atoms with E-state index < -0.39 is 0 Å². The van der Waals surface area contributed by atoms with E-state index in [1.54, 1.807) is 18.3 Å². The molecule has 0 aliphatic carbocycles. The number of rotatable bonds is 6. The van der Waals surface area contributed by atoms with Gasteiger partial charge in [-0.25, -0.2) is 0 Å². The van der Waals surface area contributed by atoms with Gasteiger partial charge in [0.25, 0.3) is 0 Å². The lowest BCUT2D eigenvalue weighted by molar-refractivity contribution is -0.132. The molecule has 0 bridgehead atoms. The number of aryl methyl sites for hydroxylation is 1. The Bertz CT molecular complexity index is 826. The molecule has 28 heavy (non-hydrogen) atoms. The van der Waals surface area contributed by atoms with E-state index in [1.165, 1.54) is 0 Å². The highest BCUT2D eigenvalue weighted by molar-refractivity contribution is 5.98. The molecule has 1 fully saturated rings. The van der Waals surface area contributed by atoms with Crippen LogP contribution in [0.4, 0.5) is 0 Å². The number of piperidine rings is 1. The van der Waals surface area contributed by atoms with Gasteiger partial charge in [0, 0.05) is 49.9 Å². The van der Waals surface area contributed by atoms with Crippen LogP contribution in [0.5, 0.6) is 11.5 Å². The van der Waals surface area contributed by atoms with Gasteiger partial charge >= 0.3 is 0 Å². The number of carbonyl (C=O) groups excluding carboxylic acids is 2. The SMILES string of the molecule is O=C(c1ccc2c(c1)OCCO2)C1CCN(C(=O)CCCn2cccn2)CC1. The van der Waals surface area contributed by atoms with Crippen molar-refractivity contribution in [2.45, 2.75) is 32.2 Å². The van der Waals surface area contributed by atoms with E-state index in [4.69, 9.17) is 9.47 Å². The minimum atomic E-state index is -0.0457. The van der Waals surface area contributed by atoms with Crippen LogP contribution >= 0.6 is 0 Å². The van der Waals surface area contributed by atoms with Crippen LogP contribution in [0, 0.1) is 5.92 Å². The molecule has 2 aliphatic rings. The first-order chi connectivity index (χ1) is 13.7. The van der Waals surface area contributed by atoms with E-state index in [0.717, 1.165) is 13.0 Å². The first-order valence-electron chi connectivity index (χ1n) is 9.90. The molecule has 2 aromatic rings. The van der Waals surface area contributed by atoms with Crippen molar-refractivity contribution >= 4 is 11.7 Å². The lowest BCUT2D eigenvalue weighted by Gasteiger charge is -2.31. The largest absolute Gasteiger partial charge is 0.486 e. The molecule has 3 heterocycles. The number of ether oxygens (including phenoxy) is 2. The maximum atomic E-state index is 12.9. The van der Waals surface area contributed by atoms with E-state index in [1.807, 2.05) is 27.9 Å². The molecule has 0 saturated carbocycles. The van der Waals surface area contributed by atoms with E-state index in [0.29, 0.717) is 62.6 Å². The number of Topliss-reactive ketones (excluding diaryl/α,β-unsaturated/α-hetero) is 1. The Morgan fingerprint density at radius 3 is 2.64 bits per heavy atom. The van der Waals surface area contributed by atoms with Crippen molar-refractivity contribution in [2.24, 2.45) is 5.92 Å². The predicted octanol–water partition coefficient (Wildman–Crippen LogP) is 2.56. The molecule has 2 aliphatic heterocycles. The summed E-state index contributed by atoms with van der Waals surface area (Å²) in [7, 11) is 0. The molecule has 1 aromatic carbocycles. The van der Waals surface area contributed by atoms with E-state index in [2.05, 4.69) is 5.10 Å². The molecule has 0 atom stereocenters. The number of hydrogen-bond acceptors (Lipinski definition) is 5. The smallest absolute Gasteiger partial charge is 0.222 e. The van der Waals surface area contributed by atoms with Gasteiger partial charge in [-0.3, -0.25) is 14.3 Å². The Labute approximate surface area is 164 Å². The normalized spacial score (nSPS) is 16.8. The predicted molar refractivity (Wildman–Crippen MR) is 103 cm³/mol. The van der Waals surface area contributed by atoms with Gasteiger partial charge in [-0.2, -0.15) is 5.10 Å². The zero-order valence-electron chi connectivity index (χ0n) is 15.9. The van der Waals surface area contributed by atoms with Crippen molar-refractivity contribution in [1.82, 2.24) is 14.7 Å². The van der Waals surface area contributed by atoms with Crippen LogP contribution in [0.25, 0.3) is 0 Å². The number of ketones is 1. The number of benzene rings is 1. The average Bonchev–Trinajstić information content (AvgIpc) is 3.26. The van der Waals surface area contributed by atoms with Gasteiger partial charge < -0.3 is 14.4 Å². The van der Waals surface area contributed by atoms with E-state index in [9.17, 15) is 9.59 Å². The molecule has 0 spiro atoms. The highest BCUT2D eigenvalue weighted by Gasteiger charge is 2.28. The highest BCUT2D eigenvalue weighted by atomic mass is 16.6. The number of fused-ring (bicyclic) bond motifs is 1. The number of amides is 1. The standard InChI is InChI=1S/C21H25N3O4/c25-20(3-1-9-24-10-2-8-22-24)23-11-6-16(7-12-23)21(26)17-4-5-18-19(15-17)28-14-13-27-18/h2,4-5,8,10,15-16H,1,3,6-7,9,11-14H2. The first-order valence-corrected chi connectivity index (χ1v) is 9.90. The third-order valence-corrected chi connectivity index (χ3v) is 5.38. The van der Waals surface area contributed by atoms with E-state index >= 15 is 0 Å². The van der Waals surface area contributed by atoms with Crippen LogP contribution in [0.2, 0.25) is 0 Å². The minimum Gasteiger partial charge on any atom is -0.486 e. The number of hydrogen-bond donors (Lipinski definition) is 0. The second kappa shape index (κ2) is 8.46. The van der Waals surface area contributed by atoms with Crippen LogP contribution in [0.15, 0.2) is 36.7 Å². The van der Waals surface area contributed by atoms with Crippen LogP contribution in [-0.4, -0.2) is 52.7 Å². The maximum absolute atomic E-state index is 12.9. The zero-order valence-corrected chi connectivity index (χ0v) is 15.9. The third kappa shape index (κ3) is 4.18. The van der Waals surface area contributed by atoms with Gasteiger partial charge in [0.2, 0.25) is 5.91 Å². The van der Waals surface area contributed by atoms with Crippen LogP contribution in [0.3, 0.4) is 0 Å². The van der Waals surface area contributed by atoms with Crippen molar-refractivity contribution in [1.29, 1.82) is 0 Å². The van der Waals surface area contributed by atoms with Gasteiger partial charge in [0.1, 0.15) is 13.2 Å². The lowest BCUT2D eigenvalue weighted by atomic mass is 9.88. The van der Waals surface area contributed by atoms with Crippen molar-refractivity contribution in [3.8, 4) is 11.5 Å². The quantitative estimate of drug-likeness (QED) is 0.717. The molecular formula is C21H25N3O4. The highest BCUT2D eigenvalue weighted by Crippen LogP contribution is 2.32. The van der Waals surface area contributed by atoms with E-state index in [-0.39, 0.29) is 17.6 Å². The summed E-state index contributed by atoms with van der Waals surface area (Å²) in [5.41, 5.74) is 0.660. The summed E-state index contributed by atoms with van der Waals surface area (Å²) in [4.78, 5) is 27.2. The fourth-order valence-electron chi connectivity index (χ4n) is 3.81. The monoisotopic (exact) mass is 383 g/mol. The summed E-state index contributed by atoms with van der Waals surface area (Å²) < 4.78 is 12.9. The Morgan fingerprint density at radius 1 is 1.11 bits per heavy atom. The summed E-state index contributed by atoms with van der Waals surface area (Å²) in [6.45, 7) is 3.07. The van der Waals surface area contributed by atoms with Gasteiger partial charge in [-0.05, 0) is 43.5 Å². The molecule has 1 amide bonds. The van der Waals surface area contributed by atoms with Crippen molar-refractivity contribution in [2.75, 3.05) is 26.3 Å². The summed E-state index contributed by atoms with van der Waals surface area (Å²) >= 11 is 0. The summed E-state index contributed by atoms with van der Waals surface area (Å²) in [6, 6.07) is 7.28. The fraction of sp³-hybridized carbons (Fsp3) is 0.476. The number of nitrogens with zero attached hydrogens (tertiary/aromatic N) is 3. The van der Waals surface area contributed by atoms with Crippen LogP contribution < -0.4 is 9.47 Å². The molecule has 7 nitrogen and oxygen atoms in total. The topological polar surface area (TPSA) is 73.7 Å². The Balaban J connectivity index is 1.26.